The van der Waals surface area contributed by atoms with E-state index in [0.29, 0.717) is 36.9 Å². The van der Waals surface area contributed by atoms with Gasteiger partial charge in [-0.1, -0.05) is 36.4 Å². The van der Waals surface area contributed by atoms with Crippen LogP contribution < -0.4 is 0 Å². The van der Waals surface area contributed by atoms with Gasteiger partial charge in [-0.25, -0.2) is 0 Å². The summed E-state index contributed by atoms with van der Waals surface area (Å²) in [7, 11) is 1.58. The van der Waals surface area contributed by atoms with Crippen LogP contribution in [0.4, 0.5) is 0 Å². The second kappa shape index (κ2) is 11.3. The highest BCUT2D eigenvalue weighted by atomic mass is 32.1. The van der Waals surface area contributed by atoms with Crippen LogP contribution in [0, 0.1) is 0 Å². The Balaban J connectivity index is 1.70. The van der Waals surface area contributed by atoms with E-state index in [9.17, 15) is 9.59 Å². The summed E-state index contributed by atoms with van der Waals surface area (Å²) in [4.78, 5) is 30.0. The molecule has 3 aromatic rings. The van der Waals surface area contributed by atoms with E-state index in [1.165, 1.54) is 11.3 Å². The first-order chi connectivity index (χ1) is 14.7. The second-order valence-corrected chi connectivity index (χ2v) is 7.77. The molecule has 6 nitrogen and oxygen atoms in total. The fourth-order valence-corrected chi connectivity index (χ4v) is 3.76. The molecule has 0 spiro atoms. The summed E-state index contributed by atoms with van der Waals surface area (Å²) in [5, 5.41) is 1.85. The van der Waals surface area contributed by atoms with Crippen molar-refractivity contribution in [2.24, 2.45) is 0 Å². The zero-order chi connectivity index (χ0) is 21.2. The summed E-state index contributed by atoms with van der Waals surface area (Å²) in [5.74, 6) is 0.434. The van der Waals surface area contributed by atoms with Gasteiger partial charge in [0.1, 0.15) is 12.3 Å². The van der Waals surface area contributed by atoms with Crippen LogP contribution in [0.3, 0.4) is 0 Å². The van der Waals surface area contributed by atoms with Gasteiger partial charge < -0.3 is 19.0 Å². The van der Waals surface area contributed by atoms with Gasteiger partial charge in [0.15, 0.2) is 0 Å². The molecule has 2 aromatic heterocycles. The van der Waals surface area contributed by atoms with Crippen molar-refractivity contribution >= 4 is 23.2 Å². The van der Waals surface area contributed by atoms with Crippen LogP contribution in [-0.2, 0) is 22.5 Å². The third kappa shape index (κ3) is 6.30. The van der Waals surface area contributed by atoms with Crippen LogP contribution in [0.2, 0.25) is 0 Å². The molecule has 158 valence electrons. The van der Waals surface area contributed by atoms with Crippen molar-refractivity contribution in [3.8, 4) is 0 Å². The molecule has 3 rings (SSSR count). The summed E-state index contributed by atoms with van der Waals surface area (Å²) in [6.45, 7) is 1.62. The summed E-state index contributed by atoms with van der Waals surface area (Å²) in [6.07, 6.45) is 2.32. The molecule has 0 bridgehead atoms. The van der Waals surface area contributed by atoms with Gasteiger partial charge in [0, 0.05) is 20.2 Å². The lowest BCUT2D eigenvalue weighted by Gasteiger charge is -2.27. The van der Waals surface area contributed by atoms with Crippen molar-refractivity contribution < 1.29 is 18.7 Å². The summed E-state index contributed by atoms with van der Waals surface area (Å²) in [5.41, 5.74) is 1.15. The van der Waals surface area contributed by atoms with Crippen molar-refractivity contribution in [2.75, 3.05) is 33.4 Å². The topological polar surface area (TPSA) is 63.0 Å². The molecule has 0 saturated heterocycles. The number of rotatable bonds is 11. The van der Waals surface area contributed by atoms with E-state index < -0.39 is 0 Å². The van der Waals surface area contributed by atoms with Crippen LogP contribution in [-0.4, -0.2) is 55.0 Å². The fourth-order valence-electron chi connectivity index (χ4n) is 3.06. The van der Waals surface area contributed by atoms with Gasteiger partial charge in [-0.15, -0.1) is 11.3 Å². The maximum absolute atomic E-state index is 13.2. The minimum absolute atomic E-state index is 0.00437. The molecule has 0 unspecified atom stereocenters. The van der Waals surface area contributed by atoms with Crippen LogP contribution in [0.15, 0.2) is 70.7 Å². The van der Waals surface area contributed by atoms with Gasteiger partial charge in [-0.3, -0.25) is 9.59 Å². The lowest BCUT2D eigenvalue weighted by atomic mass is 10.1. The average Bonchev–Trinajstić information content (AvgIpc) is 3.48. The number of thiophene rings is 1. The van der Waals surface area contributed by atoms with Gasteiger partial charge in [0.05, 0.1) is 24.3 Å². The molecule has 0 aliphatic rings. The number of amides is 2. The minimum atomic E-state index is -0.156. The van der Waals surface area contributed by atoms with E-state index in [-0.39, 0.29) is 18.4 Å². The van der Waals surface area contributed by atoms with E-state index in [1.54, 1.807) is 35.3 Å². The van der Waals surface area contributed by atoms with Gasteiger partial charge >= 0.3 is 0 Å². The zero-order valence-electron chi connectivity index (χ0n) is 17.0. The number of benzene rings is 1. The highest BCUT2D eigenvalue weighted by molar-refractivity contribution is 7.12. The first-order valence-corrected chi connectivity index (χ1v) is 10.7. The Labute approximate surface area is 180 Å². The van der Waals surface area contributed by atoms with Gasteiger partial charge in [0.2, 0.25) is 5.91 Å². The number of nitrogens with zero attached hydrogens (tertiary/aromatic N) is 2. The molecule has 0 N–H and O–H groups in total. The molecule has 1 aromatic carbocycles. The van der Waals surface area contributed by atoms with Crippen molar-refractivity contribution in [1.82, 2.24) is 9.80 Å². The Kier molecular flexibility index (Phi) is 8.23. The van der Waals surface area contributed by atoms with E-state index in [1.807, 2.05) is 47.8 Å². The first-order valence-electron chi connectivity index (χ1n) is 9.83. The van der Waals surface area contributed by atoms with E-state index in [2.05, 4.69) is 0 Å². The predicted molar refractivity (Wildman–Crippen MR) is 116 cm³/mol. The van der Waals surface area contributed by atoms with Gasteiger partial charge in [-0.2, -0.15) is 0 Å². The molecule has 0 aliphatic carbocycles. The quantitative estimate of drug-likeness (QED) is 0.469. The number of furan rings is 1. The van der Waals surface area contributed by atoms with E-state index in [0.717, 1.165) is 12.0 Å². The largest absolute Gasteiger partial charge is 0.467 e. The van der Waals surface area contributed by atoms with Crippen LogP contribution in [0.25, 0.3) is 0 Å². The second-order valence-electron chi connectivity index (χ2n) is 6.83. The Bertz CT molecular complexity index is 895. The molecule has 0 aliphatic heterocycles. The zero-order valence-corrected chi connectivity index (χ0v) is 17.8. The normalized spacial score (nSPS) is 10.7. The van der Waals surface area contributed by atoms with Crippen LogP contribution in [0.1, 0.15) is 21.0 Å². The number of hydrogen-bond donors (Lipinski definition) is 0. The third-order valence-electron chi connectivity index (χ3n) is 4.70. The SMILES string of the molecule is COCCN(CC(=O)N(CCc1ccccc1)Cc1ccco1)C(=O)c1cccs1. The van der Waals surface area contributed by atoms with Crippen LogP contribution >= 0.6 is 11.3 Å². The fraction of sp³-hybridized carbons (Fsp3) is 0.304. The Morgan fingerprint density at radius 3 is 2.50 bits per heavy atom. The lowest BCUT2D eigenvalue weighted by Crippen LogP contribution is -2.44. The Morgan fingerprint density at radius 2 is 1.83 bits per heavy atom. The summed E-state index contributed by atoms with van der Waals surface area (Å²) in [6, 6.07) is 17.3. The molecule has 7 heteroatoms. The smallest absolute Gasteiger partial charge is 0.264 e. The molecular formula is C23H26N2O4S. The molecule has 30 heavy (non-hydrogen) atoms. The molecule has 0 saturated carbocycles. The Hall–Kier alpha value is -2.90. The van der Waals surface area contributed by atoms with E-state index >= 15 is 0 Å². The highest BCUT2D eigenvalue weighted by Crippen LogP contribution is 2.14. The molecule has 2 amide bonds. The molecule has 0 atom stereocenters. The maximum atomic E-state index is 13.2. The molecular weight excluding hydrogens is 400 g/mol. The standard InChI is InChI=1S/C23H26N2O4S/c1-28-15-13-25(23(27)21-10-6-16-30-21)18-22(26)24(17-20-9-5-14-29-20)12-11-19-7-3-2-4-8-19/h2-10,14,16H,11-13,15,17-18H2,1H3. The first kappa shape index (κ1) is 21.8. The van der Waals surface area contributed by atoms with Gasteiger partial charge in [-0.05, 0) is 35.6 Å². The number of ether oxygens (including phenoxy) is 1. The number of carbonyl (C=O) groups is 2. The molecule has 0 radical (unpaired) electrons. The molecule has 2 heterocycles. The van der Waals surface area contributed by atoms with Crippen molar-refractivity contribution in [2.45, 2.75) is 13.0 Å². The number of hydrogen-bond acceptors (Lipinski definition) is 5. The highest BCUT2D eigenvalue weighted by Gasteiger charge is 2.23. The summed E-state index contributed by atoms with van der Waals surface area (Å²) < 4.78 is 10.6. The van der Waals surface area contributed by atoms with Crippen molar-refractivity contribution in [3.05, 3.63) is 82.4 Å². The van der Waals surface area contributed by atoms with Crippen LogP contribution in [0.5, 0.6) is 0 Å². The Morgan fingerprint density at radius 1 is 1.00 bits per heavy atom. The molecule has 0 fully saturated rings. The summed E-state index contributed by atoms with van der Waals surface area (Å²) >= 11 is 1.37. The van der Waals surface area contributed by atoms with Crippen molar-refractivity contribution in [1.29, 1.82) is 0 Å². The number of methoxy groups -OCH3 is 1. The predicted octanol–water partition coefficient (Wildman–Crippen LogP) is 3.70. The monoisotopic (exact) mass is 426 g/mol. The minimum Gasteiger partial charge on any atom is -0.467 e. The lowest BCUT2D eigenvalue weighted by molar-refractivity contribution is -0.132. The average molecular weight is 427 g/mol. The van der Waals surface area contributed by atoms with Crippen molar-refractivity contribution in [3.63, 3.8) is 0 Å². The third-order valence-corrected chi connectivity index (χ3v) is 5.56. The van der Waals surface area contributed by atoms with Gasteiger partial charge in [0.25, 0.3) is 5.91 Å². The number of carbonyl (C=O) groups excluding carboxylic acids is 2. The maximum Gasteiger partial charge on any atom is 0.264 e. The van der Waals surface area contributed by atoms with E-state index in [4.69, 9.17) is 9.15 Å².